The fourth-order valence-electron chi connectivity index (χ4n) is 2.75. The lowest BCUT2D eigenvalue weighted by Crippen LogP contribution is -2.18. The topological polar surface area (TPSA) is 97.1 Å². The third kappa shape index (κ3) is 4.07. The molecule has 2 amide bonds. The summed E-state index contributed by atoms with van der Waals surface area (Å²) in [7, 11) is 0. The van der Waals surface area contributed by atoms with Crippen molar-refractivity contribution in [3.05, 3.63) is 53.4 Å². The van der Waals surface area contributed by atoms with Crippen molar-refractivity contribution in [3.8, 4) is 11.6 Å². The Morgan fingerprint density at radius 3 is 2.36 bits per heavy atom. The summed E-state index contributed by atoms with van der Waals surface area (Å²) in [6.07, 6.45) is 3.41. The number of rotatable bonds is 5. The number of nitrogens with one attached hydrogen (secondary N) is 2. The molecule has 3 aromatic rings. The number of aromatic nitrogens is 2. The Hall–Kier alpha value is -3.13. The highest BCUT2D eigenvalue weighted by atomic mass is 32.2. The van der Waals surface area contributed by atoms with Crippen molar-refractivity contribution in [1.82, 2.24) is 9.97 Å². The molecule has 0 radical (unpaired) electrons. The molecular formula is C20H20N4O3S. The quantitative estimate of drug-likeness (QED) is 0.493. The van der Waals surface area contributed by atoms with Crippen LogP contribution in [-0.4, -0.2) is 28.0 Å². The second kappa shape index (κ2) is 8.26. The van der Waals surface area contributed by atoms with Gasteiger partial charge >= 0.3 is 0 Å². The number of hydrogen-bond donors (Lipinski definition) is 2. The summed E-state index contributed by atoms with van der Waals surface area (Å²) in [5.41, 5.74) is 2.99. The maximum Gasteiger partial charge on any atom is 0.260 e. The minimum absolute atomic E-state index is 0.172. The number of nitrogens with zero attached hydrogens (tertiary/aromatic N) is 2. The Labute approximate surface area is 167 Å². The summed E-state index contributed by atoms with van der Waals surface area (Å²) < 4.78 is 5.36. The largest absolute Gasteiger partial charge is 0.461 e. The molecule has 0 aliphatic heterocycles. The van der Waals surface area contributed by atoms with E-state index < -0.39 is 0 Å². The first kappa shape index (κ1) is 19.6. The molecule has 0 unspecified atom stereocenters. The highest BCUT2D eigenvalue weighted by molar-refractivity contribution is 7.98. The molecular weight excluding hydrogens is 376 g/mol. The molecule has 1 aromatic carbocycles. The Balaban J connectivity index is 1.94. The summed E-state index contributed by atoms with van der Waals surface area (Å²) >= 11 is 1.37. The summed E-state index contributed by atoms with van der Waals surface area (Å²) in [6, 6.07) is 8.87. The van der Waals surface area contributed by atoms with Gasteiger partial charge in [-0.1, -0.05) is 6.07 Å². The lowest BCUT2D eigenvalue weighted by molar-refractivity contribution is -0.114. The minimum atomic E-state index is -0.309. The number of anilines is 2. The van der Waals surface area contributed by atoms with Crippen LogP contribution in [0.1, 0.15) is 28.5 Å². The molecule has 2 N–H and O–H groups in total. The lowest BCUT2D eigenvalue weighted by atomic mass is 10.1. The first-order valence-corrected chi connectivity index (χ1v) is 9.78. The second-order valence-corrected chi connectivity index (χ2v) is 6.90. The van der Waals surface area contributed by atoms with Crippen molar-refractivity contribution in [2.24, 2.45) is 0 Å². The van der Waals surface area contributed by atoms with Gasteiger partial charge in [-0.05, 0) is 49.9 Å². The Morgan fingerprint density at radius 2 is 1.75 bits per heavy atom. The van der Waals surface area contributed by atoms with Crippen LogP contribution in [0, 0.1) is 13.8 Å². The van der Waals surface area contributed by atoms with Crippen LogP contribution in [0.3, 0.4) is 0 Å². The number of benzene rings is 1. The summed E-state index contributed by atoms with van der Waals surface area (Å²) in [5.74, 6) is 0.501. The average Bonchev–Trinajstić information content (AvgIpc) is 3.18. The third-order valence-corrected chi connectivity index (χ3v) is 4.79. The molecule has 0 atom stereocenters. The number of aryl methyl sites for hydroxylation is 1. The van der Waals surface area contributed by atoms with Crippen molar-refractivity contribution in [2.75, 3.05) is 16.9 Å². The SMILES string of the molecule is CSc1nc(-c2ccco2)nc(C)c1C(=O)Nc1cccc(NC(C)=O)c1C. The Kier molecular flexibility index (Phi) is 5.79. The van der Waals surface area contributed by atoms with Gasteiger partial charge in [-0.15, -0.1) is 11.8 Å². The van der Waals surface area contributed by atoms with E-state index in [-0.39, 0.29) is 11.8 Å². The van der Waals surface area contributed by atoms with Crippen LogP contribution in [0.2, 0.25) is 0 Å². The van der Waals surface area contributed by atoms with Gasteiger partial charge in [-0.2, -0.15) is 0 Å². The summed E-state index contributed by atoms with van der Waals surface area (Å²) in [4.78, 5) is 33.2. The van der Waals surface area contributed by atoms with E-state index in [2.05, 4.69) is 20.6 Å². The number of carbonyl (C=O) groups is 2. The number of furan rings is 1. The van der Waals surface area contributed by atoms with Gasteiger partial charge in [-0.3, -0.25) is 9.59 Å². The van der Waals surface area contributed by atoms with Crippen LogP contribution < -0.4 is 10.6 Å². The van der Waals surface area contributed by atoms with E-state index in [1.165, 1.54) is 18.7 Å². The predicted octanol–water partition coefficient (Wildman–Crippen LogP) is 4.29. The molecule has 0 spiro atoms. The fourth-order valence-corrected chi connectivity index (χ4v) is 3.37. The van der Waals surface area contributed by atoms with Crippen molar-refractivity contribution < 1.29 is 14.0 Å². The molecule has 0 saturated carbocycles. The molecule has 0 aliphatic rings. The van der Waals surface area contributed by atoms with E-state index in [0.29, 0.717) is 39.2 Å². The van der Waals surface area contributed by atoms with E-state index in [4.69, 9.17) is 4.42 Å². The molecule has 144 valence electrons. The van der Waals surface area contributed by atoms with E-state index in [9.17, 15) is 9.59 Å². The van der Waals surface area contributed by atoms with E-state index in [1.54, 1.807) is 43.5 Å². The van der Waals surface area contributed by atoms with Gasteiger partial charge in [-0.25, -0.2) is 9.97 Å². The van der Waals surface area contributed by atoms with Crippen LogP contribution in [0.5, 0.6) is 0 Å². The van der Waals surface area contributed by atoms with Crippen LogP contribution in [-0.2, 0) is 4.79 Å². The van der Waals surface area contributed by atoms with Gasteiger partial charge in [0.05, 0.1) is 17.5 Å². The number of amides is 2. The van der Waals surface area contributed by atoms with Gasteiger partial charge in [0.2, 0.25) is 5.91 Å². The molecule has 0 aliphatic carbocycles. The zero-order valence-corrected chi connectivity index (χ0v) is 16.8. The first-order chi connectivity index (χ1) is 13.4. The first-order valence-electron chi connectivity index (χ1n) is 8.55. The van der Waals surface area contributed by atoms with Gasteiger partial charge in [0.1, 0.15) is 5.03 Å². The van der Waals surface area contributed by atoms with Crippen LogP contribution >= 0.6 is 11.8 Å². The molecule has 0 fully saturated rings. The normalized spacial score (nSPS) is 10.6. The predicted molar refractivity (Wildman–Crippen MR) is 110 cm³/mol. The van der Waals surface area contributed by atoms with Crippen molar-refractivity contribution in [1.29, 1.82) is 0 Å². The van der Waals surface area contributed by atoms with Crippen LogP contribution in [0.15, 0.2) is 46.0 Å². The second-order valence-electron chi connectivity index (χ2n) is 6.11. The molecule has 0 bridgehead atoms. The van der Waals surface area contributed by atoms with E-state index in [1.807, 2.05) is 13.2 Å². The Bertz CT molecular complexity index is 1030. The van der Waals surface area contributed by atoms with E-state index >= 15 is 0 Å². The van der Waals surface area contributed by atoms with Crippen LogP contribution in [0.25, 0.3) is 11.6 Å². The number of hydrogen-bond acceptors (Lipinski definition) is 6. The maximum absolute atomic E-state index is 13.0. The molecule has 8 heteroatoms. The standard InChI is InChI=1S/C20H20N4O3S/c1-11-14(22-13(3)25)7-5-8-15(11)23-19(26)17-12(2)21-18(24-20(17)28-4)16-9-6-10-27-16/h5-10H,1-4H3,(H,22,25)(H,23,26). The van der Waals surface area contributed by atoms with Gasteiger partial charge in [0.25, 0.3) is 5.91 Å². The van der Waals surface area contributed by atoms with Gasteiger partial charge < -0.3 is 15.1 Å². The zero-order valence-electron chi connectivity index (χ0n) is 16.0. The average molecular weight is 396 g/mol. The van der Waals surface area contributed by atoms with Crippen molar-refractivity contribution in [3.63, 3.8) is 0 Å². The molecule has 0 saturated heterocycles. The minimum Gasteiger partial charge on any atom is -0.461 e. The van der Waals surface area contributed by atoms with Crippen molar-refractivity contribution in [2.45, 2.75) is 25.8 Å². The van der Waals surface area contributed by atoms with Gasteiger partial charge in [0.15, 0.2) is 11.6 Å². The third-order valence-electron chi connectivity index (χ3n) is 4.11. The van der Waals surface area contributed by atoms with E-state index in [0.717, 1.165) is 5.56 Å². The van der Waals surface area contributed by atoms with Crippen molar-refractivity contribution >= 4 is 35.0 Å². The van der Waals surface area contributed by atoms with Gasteiger partial charge in [0, 0.05) is 18.3 Å². The summed E-state index contributed by atoms with van der Waals surface area (Å²) in [5, 5.41) is 6.22. The molecule has 28 heavy (non-hydrogen) atoms. The molecule has 7 nitrogen and oxygen atoms in total. The highest BCUT2D eigenvalue weighted by Gasteiger charge is 2.20. The lowest BCUT2D eigenvalue weighted by Gasteiger charge is -2.15. The smallest absolute Gasteiger partial charge is 0.260 e. The Morgan fingerprint density at radius 1 is 1.04 bits per heavy atom. The van der Waals surface area contributed by atoms with Crippen LogP contribution in [0.4, 0.5) is 11.4 Å². The zero-order chi connectivity index (χ0) is 20.3. The molecule has 2 aromatic heterocycles. The monoisotopic (exact) mass is 396 g/mol. The maximum atomic E-state index is 13.0. The molecule has 2 heterocycles. The summed E-state index contributed by atoms with van der Waals surface area (Å²) in [6.45, 7) is 5.04. The number of thioether (sulfide) groups is 1. The number of carbonyl (C=O) groups excluding carboxylic acids is 2. The molecule has 3 rings (SSSR count). The highest BCUT2D eigenvalue weighted by Crippen LogP contribution is 2.28. The fraction of sp³-hybridized carbons (Fsp3) is 0.200.